The fourth-order valence-corrected chi connectivity index (χ4v) is 3.46. The topological polar surface area (TPSA) is 35.5 Å². The molecule has 0 fully saturated rings. The van der Waals surface area contributed by atoms with Gasteiger partial charge in [0.05, 0.1) is 12.0 Å². The molecule has 0 N–H and O–H groups in total. The summed E-state index contributed by atoms with van der Waals surface area (Å²) in [4.78, 5) is 14.9. The second-order valence-electron chi connectivity index (χ2n) is 7.29. The molecule has 0 aliphatic carbocycles. The van der Waals surface area contributed by atoms with Crippen LogP contribution in [-0.4, -0.2) is 27.0 Å². The quantitative estimate of drug-likeness (QED) is 0.173. The lowest BCUT2D eigenvalue weighted by atomic mass is 10.00. The third kappa shape index (κ3) is 8.19. The van der Waals surface area contributed by atoms with Gasteiger partial charge in [-0.1, -0.05) is 39.3 Å². The number of halogens is 1. The van der Waals surface area contributed by atoms with Crippen LogP contribution in [0.25, 0.3) is 0 Å². The van der Waals surface area contributed by atoms with Crippen molar-refractivity contribution in [3.63, 3.8) is 0 Å². The van der Waals surface area contributed by atoms with Crippen LogP contribution in [0.15, 0.2) is 12.7 Å². The molecule has 0 aromatic carbocycles. The van der Waals surface area contributed by atoms with Gasteiger partial charge in [-0.2, -0.15) is 0 Å². The van der Waals surface area contributed by atoms with E-state index in [-0.39, 0.29) is 29.6 Å². The van der Waals surface area contributed by atoms with Gasteiger partial charge >= 0.3 is 5.97 Å². The van der Waals surface area contributed by atoms with Crippen LogP contribution >= 0.6 is 15.9 Å². The molecular formula is C18H31BrO3Si. The summed E-state index contributed by atoms with van der Waals surface area (Å²) in [5.74, 6) is 2.48. The molecule has 0 aliphatic rings. The highest BCUT2D eigenvalue weighted by atomic mass is 79.9. The molecule has 132 valence electrons. The van der Waals surface area contributed by atoms with Crippen LogP contribution in [-0.2, 0) is 14.0 Å². The van der Waals surface area contributed by atoms with Crippen molar-refractivity contribution >= 4 is 30.2 Å². The van der Waals surface area contributed by atoms with Crippen molar-refractivity contribution in [3.05, 3.63) is 12.7 Å². The van der Waals surface area contributed by atoms with E-state index in [9.17, 15) is 4.79 Å². The number of carbonyl (C=O) groups is 1. The first kappa shape index (κ1) is 22.4. The van der Waals surface area contributed by atoms with Gasteiger partial charge in [0.1, 0.15) is 6.61 Å². The summed E-state index contributed by atoms with van der Waals surface area (Å²) in [5.41, 5.74) is 0. The predicted octanol–water partition coefficient (Wildman–Crippen LogP) is 5.27. The molecule has 0 saturated carbocycles. The van der Waals surface area contributed by atoms with E-state index in [0.717, 1.165) is 19.3 Å². The van der Waals surface area contributed by atoms with E-state index >= 15 is 0 Å². The standard InChI is InChI=1S/C18H31BrO3Si/c1-8-14-21-17(20)15(2)16(12-10-9-11-13-19)22-23(6,7)18(3,4)5/h8,15-16H,1,9-10,12,14H2,2-7H3/t15-,16+/m0/s1. The molecular weight excluding hydrogens is 372 g/mol. The molecule has 0 rings (SSSR count). The van der Waals surface area contributed by atoms with Gasteiger partial charge in [-0.15, -0.1) is 0 Å². The molecule has 23 heavy (non-hydrogen) atoms. The van der Waals surface area contributed by atoms with Gasteiger partial charge in [0.15, 0.2) is 8.32 Å². The van der Waals surface area contributed by atoms with E-state index in [1.54, 1.807) is 6.08 Å². The summed E-state index contributed by atoms with van der Waals surface area (Å²) in [5, 5.41) is 0.103. The summed E-state index contributed by atoms with van der Waals surface area (Å²) in [6.45, 7) is 16.7. The number of unbranched alkanes of at least 4 members (excludes halogenated alkanes) is 1. The highest BCUT2D eigenvalue weighted by Gasteiger charge is 2.41. The maximum Gasteiger partial charge on any atom is 0.311 e. The molecule has 0 aromatic heterocycles. The normalized spacial score (nSPS) is 14.4. The van der Waals surface area contributed by atoms with Crippen LogP contribution in [0.4, 0.5) is 0 Å². The van der Waals surface area contributed by atoms with Gasteiger partial charge in [-0.05, 0) is 42.7 Å². The van der Waals surface area contributed by atoms with Crippen molar-refractivity contribution in [3.8, 4) is 10.8 Å². The average molecular weight is 403 g/mol. The lowest BCUT2D eigenvalue weighted by Crippen LogP contribution is -2.46. The highest BCUT2D eigenvalue weighted by Crippen LogP contribution is 2.38. The minimum atomic E-state index is -1.95. The first-order chi connectivity index (χ1) is 10.6. The Morgan fingerprint density at radius 2 is 2.00 bits per heavy atom. The SMILES string of the molecule is C=CCOC(=O)[C@@H](C)[C@@H](CCCC#CBr)O[Si](C)(C)C(C)(C)C. The van der Waals surface area contributed by atoms with Crippen molar-refractivity contribution in [2.75, 3.05) is 6.61 Å². The number of ether oxygens (including phenoxy) is 1. The Hall–Kier alpha value is -0.573. The third-order valence-corrected chi connectivity index (χ3v) is 9.17. The molecule has 0 aliphatic heterocycles. The van der Waals surface area contributed by atoms with Gasteiger partial charge in [0, 0.05) is 22.4 Å². The molecule has 0 bridgehead atoms. The summed E-state index contributed by atoms with van der Waals surface area (Å²) in [7, 11) is -1.95. The monoisotopic (exact) mass is 402 g/mol. The Kier molecular flexibility index (Phi) is 10.1. The van der Waals surface area contributed by atoms with Gasteiger partial charge in [0.2, 0.25) is 0 Å². The Morgan fingerprint density at radius 1 is 1.39 bits per heavy atom. The van der Waals surface area contributed by atoms with Crippen LogP contribution in [0.3, 0.4) is 0 Å². The van der Waals surface area contributed by atoms with E-state index in [0.29, 0.717) is 0 Å². The predicted molar refractivity (Wildman–Crippen MR) is 103 cm³/mol. The summed E-state index contributed by atoms with van der Waals surface area (Å²) < 4.78 is 11.7. The van der Waals surface area contributed by atoms with Crippen molar-refractivity contribution in [2.24, 2.45) is 5.92 Å². The van der Waals surface area contributed by atoms with Gasteiger partial charge in [-0.3, -0.25) is 4.79 Å². The van der Waals surface area contributed by atoms with Crippen molar-refractivity contribution in [1.82, 2.24) is 0 Å². The zero-order valence-electron chi connectivity index (χ0n) is 15.4. The molecule has 5 heteroatoms. The molecule has 0 spiro atoms. The molecule has 0 unspecified atom stereocenters. The lowest BCUT2D eigenvalue weighted by Gasteiger charge is -2.40. The first-order valence-corrected chi connectivity index (χ1v) is 11.8. The summed E-state index contributed by atoms with van der Waals surface area (Å²) >= 11 is 3.10. The van der Waals surface area contributed by atoms with Gasteiger partial charge in [0.25, 0.3) is 0 Å². The number of rotatable bonds is 9. The summed E-state index contributed by atoms with van der Waals surface area (Å²) in [6, 6.07) is 0. The number of hydrogen-bond acceptors (Lipinski definition) is 3. The van der Waals surface area contributed by atoms with E-state index in [1.165, 1.54) is 0 Å². The highest BCUT2D eigenvalue weighted by molar-refractivity contribution is 9.12. The first-order valence-electron chi connectivity index (χ1n) is 8.10. The van der Waals surface area contributed by atoms with Crippen molar-refractivity contribution in [2.45, 2.75) is 71.2 Å². The van der Waals surface area contributed by atoms with Crippen LogP contribution in [0.2, 0.25) is 18.1 Å². The maximum atomic E-state index is 12.2. The number of hydrogen-bond donors (Lipinski definition) is 0. The molecule has 0 amide bonds. The van der Waals surface area contributed by atoms with E-state index < -0.39 is 8.32 Å². The summed E-state index contributed by atoms with van der Waals surface area (Å²) in [6.07, 6.45) is 3.94. The largest absolute Gasteiger partial charge is 0.461 e. The molecule has 0 heterocycles. The Bertz CT molecular complexity index is 443. The Labute approximate surface area is 151 Å². The zero-order valence-corrected chi connectivity index (χ0v) is 18.0. The van der Waals surface area contributed by atoms with Gasteiger partial charge in [-0.25, -0.2) is 0 Å². The van der Waals surface area contributed by atoms with E-state index in [2.05, 4.69) is 67.1 Å². The van der Waals surface area contributed by atoms with Gasteiger partial charge < -0.3 is 9.16 Å². The second-order valence-corrected chi connectivity index (χ2v) is 12.4. The third-order valence-electron chi connectivity index (χ3n) is 4.38. The van der Waals surface area contributed by atoms with Crippen LogP contribution in [0.1, 0.15) is 47.0 Å². The molecule has 3 nitrogen and oxygen atoms in total. The molecule has 2 atom stereocenters. The Morgan fingerprint density at radius 3 is 2.48 bits per heavy atom. The molecule has 0 saturated heterocycles. The maximum absolute atomic E-state index is 12.2. The molecule has 0 radical (unpaired) electrons. The Balaban J connectivity index is 5.01. The second kappa shape index (κ2) is 10.3. The van der Waals surface area contributed by atoms with E-state index in [4.69, 9.17) is 9.16 Å². The number of carbonyl (C=O) groups excluding carboxylic acids is 1. The fourth-order valence-electron chi connectivity index (χ4n) is 1.83. The minimum Gasteiger partial charge on any atom is -0.461 e. The average Bonchev–Trinajstić information content (AvgIpc) is 2.45. The lowest BCUT2D eigenvalue weighted by molar-refractivity contribution is -0.150. The van der Waals surface area contributed by atoms with Crippen molar-refractivity contribution in [1.29, 1.82) is 0 Å². The zero-order chi connectivity index (χ0) is 18.1. The fraction of sp³-hybridized carbons (Fsp3) is 0.722. The van der Waals surface area contributed by atoms with Crippen LogP contribution < -0.4 is 0 Å². The smallest absolute Gasteiger partial charge is 0.311 e. The van der Waals surface area contributed by atoms with Crippen LogP contribution in [0.5, 0.6) is 0 Å². The number of esters is 1. The van der Waals surface area contributed by atoms with E-state index in [1.807, 2.05) is 6.92 Å². The van der Waals surface area contributed by atoms with Crippen molar-refractivity contribution < 1.29 is 14.0 Å². The molecule has 0 aromatic rings. The van der Waals surface area contributed by atoms with Crippen LogP contribution in [0, 0.1) is 16.7 Å². The minimum absolute atomic E-state index is 0.103.